The normalized spacial score (nSPS) is 11.0. The molecule has 0 aliphatic heterocycles. The fraction of sp³-hybridized carbons (Fsp3) is 0.200. The molecule has 0 fully saturated rings. The average molecular weight is 303 g/mol. The van der Waals surface area contributed by atoms with E-state index in [0.29, 0.717) is 0 Å². The summed E-state index contributed by atoms with van der Waals surface area (Å²) in [6, 6.07) is 4.21. The van der Waals surface area contributed by atoms with Crippen molar-refractivity contribution in [3.63, 3.8) is 0 Å². The van der Waals surface area contributed by atoms with Gasteiger partial charge in [-0.05, 0) is 49.9 Å². The van der Waals surface area contributed by atoms with Gasteiger partial charge in [-0.3, -0.25) is 0 Å². The van der Waals surface area contributed by atoms with Gasteiger partial charge in [0, 0.05) is 16.1 Å². The van der Waals surface area contributed by atoms with Crippen molar-refractivity contribution in [2.24, 2.45) is 0 Å². The lowest BCUT2D eigenvalue weighted by Gasteiger charge is -1.98. The van der Waals surface area contributed by atoms with E-state index in [4.69, 9.17) is 0 Å². The number of aromatic amines is 1. The van der Waals surface area contributed by atoms with Gasteiger partial charge in [-0.25, -0.2) is 0 Å². The minimum Gasteiger partial charge on any atom is -0.360 e. The Kier molecular flexibility index (Phi) is 2.47. The van der Waals surface area contributed by atoms with Crippen LogP contribution < -0.4 is 0 Å². The summed E-state index contributed by atoms with van der Waals surface area (Å²) in [5, 5.41) is 1.30. The maximum atomic E-state index is 3.55. The number of fused-ring (bicyclic) bond motifs is 1. The van der Waals surface area contributed by atoms with Crippen LogP contribution in [0.15, 0.2) is 27.3 Å². The van der Waals surface area contributed by atoms with Crippen LogP contribution in [0.3, 0.4) is 0 Å². The zero-order valence-corrected chi connectivity index (χ0v) is 10.4. The number of rotatable bonds is 1. The molecule has 0 saturated carbocycles. The third-order valence-corrected chi connectivity index (χ3v) is 4.23. The lowest BCUT2D eigenvalue weighted by molar-refractivity contribution is 1.15. The van der Waals surface area contributed by atoms with Crippen molar-refractivity contribution in [2.75, 3.05) is 0 Å². The van der Waals surface area contributed by atoms with E-state index < -0.39 is 0 Å². The standard InChI is InChI=1S/C10H9Br2N/c1-2-6-5-13-10-7(6)3-4-8(11)9(10)12/h3-5,13H,2H2,1H3. The average Bonchev–Trinajstić information content (AvgIpc) is 2.55. The molecule has 2 rings (SSSR count). The lowest BCUT2D eigenvalue weighted by Crippen LogP contribution is -1.76. The smallest absolute Gasteiger partial charge is 0.0612 e. The summed E-state index contributed by atoms with van der Waals surface area (Å²) in [6.07, 6.45) is 3.13. The summed E-state index contributed by atoms with van der Waals surface area (Å²) in [5.41, 5.74) is 2.54. The molecule has 3 heteroatoms. The molecule has 0 spiro atoms. The number of nitrogens with one attached hydrogen (secondary N) is 1. The minimum atomic E-state index is 1.06. The molecule has 2 aromatic rings. The highest BCUT2D eigenvalue weighted by Gasteiger charge is 2.06. The zero-order valence-electron chi connectivity index (χ0n) is 7.20. The Morgan fingerprint density at radius 1 is 1.31 bits per heavy atom. The van der Waals surface area contributed by atoms with E-state index in [9.17, 15) is 0 Å². The number of aromatic nitrogens is 1. The molecule has 1 aromatic carbocycles. The van der Waals surface area contributed by atoms with Gasteiger partial charge in [0.1, 0.15) is 0 Å². The van der Waals surface area contributed by atoms with E-state index in [1.165, 1.54) is 16.5 Å². The Labute approximate surface area is 93.8 Å². The summed E-state index contributed by atoms with van der Waals surface area (Å²) in [7, 11) is 0. The number of hydrogen-bond acceptors (Lipinski definition) is 0. The number of hydrogen-bond donors (Lipinski definition) is 1. The monoisotopic (exact) mass is 301 g/mol. The van der Waals surface area contributed by atoms with Gasteiger partial charge >= 0.3 is 0 Å². The first-order valence-corrected chi connectivity index (χ1v) is 5.76. The molecule has 0 atom stereocenters. The molecule has 13 heavy (non-hydrogen) atoms. The molecule has 1 N–H and O–H groups in total. The Morgan fingerprint density at radius 3 is 2.77 bits per heavy atom. The molecule has 0 aliphatic rings. The Hall–Kier alpha value is -0.280. The van der Waals surface area contributed by atoms with E-state index in [1.807, 2.05) is 0 Å². The fourth-order valence-corrected chi connectivity index (χ4v) is 2.28. The molecular weight excluding hydrogens is 294 g/mol. The lowest BCUT2D eigenvalue weighted by atomic mass is 10.1. The van der Waals surface area contributed by atoms with Crippen LogP contribution in [0.1, 0.15) is 12.5 Å². The second kappa shape index (κ2) is 3.46. The van der Waals surface area contributed by atoms with Crippen LogP contribution in [-0.2, 0) is 6.42 Å². The van der Waals surface area contributed by atoms with Gasteiger partial charge < -0.3 is 4.98 Å². The fourth-order valence-electron chi connectivity index (χ4n) is 1.49. The molecule has 1 heterocycles. The van der Waals surface area contributed by atoms with Gasteiger partial charge in [-0.2, -0.15) is 0 Å². The van der Waals surface area contributed by atoms with Gasteiger partial charge in [0.15, 0.2) is 0 Å². The molecule has 0 bridgehead atoms. The molecule has 1 nitrogen and oxygen atoms in total. The molecule has 0 unspecified atom stereocenters. The van der Waals surface area contributed by atoms with Crippen molar-refractivity contribution in [2.45, 2.75) is 13.3 Å². The molecule has 68 valence electrons. The second-order valence-corrected chi connectivity index (χ2v) is 4.60. The van der Waals surface area contributed by atoms with Gasteiger partial charge in [0.2, 0.25) is 0 Å². The van der Waals surface area contributed by atoms with Crippen molar-refractivity contribution in [1.82, 2.24) is 4.98 Å². The predicted molar refractivity (Wildman–Crippen MR) is 63.1 cm³/mol. The maximum Gasteiger partial charge on any atom is 0.0612 e. The van der Waals surface area contributed by atoms with Crippen LogP contribution in [0.2, 0.25) is 0 Å². The summed E-state index contributed by atoms with van der Waals surface area (Å²) in [6.45, 7) is 2.17. The molecule has 0 amide bonds. The van der Waals surface area contributed by atoms with Gasteiger partial charge in [0.25, 0.3) is 0 Å². The maximum absolute atomic E-state index is 3.55. The van der Waals surface area contributed by atoms with E-state index in [0.717, 1.165) is 15.4 Å². The van der Waals surface area contributed by atoms with Gasteiger partial charge in [0.05, 0.1) is 9.99 Å². The van der Waals surface area contributed by atoms with Crippen molar-refractivity contribution >= 4 is 42.8 Å². The minimum absolute atomic E-state index is 1.06. The van der Waals surface area contributed by atoms with E-state index in [2.05, 4.69) is 62.1 Å². The largest absolute Gasteiger partial charge is 0.360 e. The van der Waals surface area contributed by atoms with Crippen molar-refractivity contribution in [1.29, 1.82) is 0 Å². The summed E-state index contributed by atoms with van der Waals surface area (Å²) >= 11 is 7.03. The molecule has 0 saturated heterocycles. The number of halogens is 2. The van der Waals surface area contributed by atoms with Crippen LogP contribution in [0.5, 0.6) is 0 Å². The number of H-pyrrole nitrogens is 1. The summed E-state index contributed by atoms with van der Waals surface area (Å²) in [4.78, 5) is 3.27. The highest BCUT2D eigenvalue weighted by atomic mass is 79.9. The molecular formula is C10H9Br2N. The van der Waals surface area contributed by atoms with Crippen LogP contribution in [-0.4, -0.2) is 4.98 Å². The highest BCUT2D eigenvalue weighted by molar-refractivity contribution is 9.13. The zero-order chi connectivity index (χ0) is 9.42. The van der Waals surface area contributed by atoms with E-state index >= 15 is 0 Å². The first-order chi connectivity index (χ1) is 6.24. The van der Waals surface area contributed by atoms with Gasteiger partial charge in [-0.15, -0.1) is 0 Å². The summed E-state index contributed by atoms with van der Waals surface area (Å²) in [5.74, 6) is 0. The van der Waals surface area contributed by atoms with Crippen LogP contribution in [0.25, 0.3) is 10.9 Å². The van der Waals surface area contributed by atoms with Crippen LogP contribution in [0, 0.1) is 0 Å². The molecule has 0 radical (unpaired) electrons. The number of aryl methyl sites for hydroxylation is 1. The molecule has 1 aromatic heterocycles. The van der Waals surface area contributed by atoms with E-state index in [1.54, 1.807) is 0 Å². The summed E-state index contributed by atoms with van der Waals surface area (Å²) < 4.78 is 2.19. The number of benzene rings is 1. The third-order valence-electron chi connectivity index (χ3n) is 2.21. The Balaban J connectivity index is 2.81. The topological polar surface area (TPSA) is 15.8 Å². The van der Waals surface area contributed by atoms with Crippen LogP contribution >= 0.6 is 31.9 Å². The third kappa shape index (κ3) is 1.44. The SMILES string of the molecule is CCc1c[nH]c2c(Br)c(Br)ccc12. The quantitative estimate of drug-likeness (QED) is 0.810. The first kappa shape index (κ1) is 9.28. The van der Waals surface area contributed by atoms with Crippen molar-refractivity contribution in [3.05, 3.63) is 32.8 Å². The second-order valence-electron chi connectivity index (χ2n) is 2.95. The predicted octanol–water partition coefficient (Wildman–Crippen LogP) is 4.26. The Morgan fingerprint density at radius 2 is 2.08 bits per heavy atom. The first-order valence-electron chi connectivity index (χ1n) is 4.18. The van der Waals surface area contributed by atoms with Crippen molar-refractivity contribution < 1.29 is 0 Å². The van der Waals surface area contributed by atoms with Gasteiger partial charge in [-0.1, -0.05) is 13.0 Å². The van der Waals surface area contributed by atoms with Crippen LogP contribution in [0.4, 0.5) is 0 Å². The van der Waals surface area contributed by atoms with E-state index in [-0.39, 0.29) is 0 Å². The van der Waals surface area contributed by atoms with Crippen molar-refractivity contribution in [3.8, 4) is 0 Å². The highest BCUT2D eigenvalue weighted by Crippen LogP contribution is 2.32. The Bertz CT molecular complexity index is 445. The molecule has 0 aliphatic carbocycles.